The Balaban J connectivity index is 0.902. The molecule has 2 saturated carbocycles. The molecule has 0 bridgehead atoms. The molecule has 2 aliphatic carbocycles. The van der Waals surface area contributed by atoms with Crippen LogP contribution in [0.1, 0.15) is 51.4 Å². The van der Waals surface area contributed by atoms with Crippen LogP contribution < -0.4 is 4.90 Å². The molecular formula is C57H48N6. The Labute approximate surface area is 367 Å². The Bertz CT molecular complexity index is 3020. The summed E-state index contributed by atoms with van der Waals surface area (Å²) in [4.78, 5) is 18.5. The van der Waals surface area contributed by atoms with E-state index in [1.807, 2.05) is 0 Å². The number of anilines is 1. The molecular weight excluding hydrogens is 769 g/mol. The van der Waals surface area contributed by atoms with Gasteiger partial charge in [0.2, 0.25) is 0 Å². The molecule has 6 nitrogen and oxygen atoms in total. The van der Waals surface area contributed by atoms with Gasteiger partial charge in [-0.25, -0.2) is 15.0 Å². The molecule has 3 fully saturated rings. The zero-order valence-corrected chi connectivity index (χ0v) is 35.3. The minimum atomic E-state index is 0.661. The predicted molar refractivity (Wildman–Crippen MR) is 259 cm³/mol. The number of para-hydroxylation sites is 4. The van der Waals surface area contributed by atoms with Gasteiger partial charge < -0.3 is 14.0 Å². The molecule has 7 aromatic carbocycles. The number of nitrogens with zero attached hydrogens (tertiary/aromatic N) is 6. The first kappa shape index (κ1) is 36.6. The fourth-order valence-electron chi connectivity index (χ4n) is 12.1. The lowest BCUT2D eigenvalue weighted by molar-refractivity contribution is 0.231. The van der Waals surface area contributed by atoms with Crippen LogP contribution in [0, 0.1) is 11.8 Å². The summed E-state index contributed by atoms with van der Waals surface area (Å²) >= 11 is 0. The minimum Gasteiger partial charge on any atom is -0.365 e. The van der Waals surface area contributed by atoms with Gasteiger partial charge in [-0.2, -0.15) is 0 Å². The first-order valence-corrected chi connectivity index (χ1v) is 23.1. The van der Waals surface area contributed by atoms with Crippen molar-refractivity contribution in [3.05, 3.63) is 170 Å². The number of aromatic nitrogens is 5. The normalized spacial score (nSPS) is 19.8. The minimum absolute atomic E-state index is 0.661. The van der Waals surface area contributed by atoms with Gasteiger partial charge in [0.1, 0.15) is 0 Å². The van der Waals surface area contributed by atoms with Gasteiger partial charge in [-0.05, 0) is 135 Å². The fraction of sp³-hybridized carbons (Fsp3) is 0.211. The van der Waals surface area contributed by atoms with E-state index in [4.69, 9.17) is 15.0 Å². The van der Waals surface area contributed by atoms with Crippen LogP contribution in [0.15, 0.2) is 170 Å². The van der Waals surface area contributed by atoms with Crippen LogP contribution in [0.5, 0.6) is 0 Å². The molecule has 1 aliphatic heterocycles. The van der Waals surface area contributed by atoms with Crippen LogP contribution in [-0.4, -0.2) is 36.2 Å². The number of hydrogen-bond donors (Lipinski definition) is 0. The van der Waals surface area contributed by atoms with E-state index in [1.165, 1.54) is 101 Å². The zero-order valence-electron chi connectivity index (χ0n) is 35.3. The quantitative estimate of drug-likeness (QED) is 0.168. The number of hydrogen-bond acceptors (Lipinski definition) is 4. The first-order valence-electron chi connectivity index (χ1n) is 23.1. The van der Waals surface area contributed by atoms with Crippen molar-refractivity contribution in [2.75, 3.05) is 4.90 Å². The molecule has 63 heavy (non-hydrogen) atoms. The lowest BCUT2D eigenvalue weighted by Gasteiger charge is -2.36. The second kappa shape index (κ2) is 14.8. The highest BCUT2D eigenvalue weighted by molar-refractivity contribution is 6.10. The van der Waals surface area contributed by atoms with Crippen molar-refractivity contribution in [1.82, 2.24) is 24.1 Å². The molecule has 10 aromatic rings. The van der Waals surface area contributed by atoms with Gasteiger partial charge in [-0.1, -0.05) is 98.5 Å². The van der Waals surface area contributed by atoms with Gasteiger partial charge in [0.05, 0.1) is 22.1 Å². The average Bonchev–Trinajstić information content (AvgIpc) is 4.00. The molecule has 4 atom stereocenters. The fourth-order valence-corrected chi connectivity index (χ4v) is 12.1. The van der Waals surface area contributed by atoms with Crippen LogP contribution in [0.3, 0.4) is 0 Å². The Hall–Kier alpha value is -7.05. The smallest absolute Gasteiger partial charge is 0.164 e. The number of benzene rings is 7. The highest BCUT2D eigenvalue weighted by Crippen LogP contribution is 2.51. The van der Waals surface area contributed by atoms with Crippen molar-refractivity contribution in [1.29, 1.82) is 0 Å². The van der Waals surface area contributed by atoms with Gasteiger partial charge in [0.15, 0.2) is 17.5 Å². The Morgan fingerprint density at radius 1 is 0.317 bits per heavy atom. The zero-order chi connectivity index (χ0) is 41.4. The molecule has 4 unspecified atom stereocenters. The highest BCUT2D eigenvalue weighted by atomic mass is 15.2. The maximum Gasteiger partial charge on any atom is 0.164 e. The van der Waals surface area contributed by atoms with Crippen molar-refractivity contribution in [3.8, 4) is 45.5 Å². The lowest BCUT2D eigenvalue weighted by Crippen LogP contribution is -2.39. The molecule has 0 radical (unpaired) electrons. The van der Waals surface area contributed by atoms with E-state index in [0.29, 0.717) is 29.6 Å². The summed E-state index contributed by atoms with van der Waals surface area (Å²) in [6.45, 7) is 0. The van der Waals surface area contributed by atoms with Gasteiger partial charge >= 0.3 is 0 Å². The molecule has 3 aliphatic rings. The summed E-state index contributed by atoms with van der Waals surface area (Å²) in [6.07, 6.45) is 10.9. The maximum absolute atomic E-state index is 5.23. The van der Waals surface area contributed by atoms with Gasteiger partial charge in [-0.3, -0.25) is 0 Å². The number of fused-ring (bicyclic) bond motifs is 9. The van der Waals surface area contributed by atoms with Crippen molar-refractivity contribution >= 4 is 49.3 Å². The Kier molecular flexibility index (Phi) is 8.60. The van der Waals surface area contributed by atoms with Crippen molar-refractivity contribution in [2.45, 2.75) is 63.5 Å². The summed E-state index contributed by atoms with van der Waals surface area (Å²) in [6, 6.07) is 62.6. The van der Waals surface area contributed by atoms with Crippen molar-refractivity contribution < 1.29 is 0 Å². The van der Waals surface area contributed by atoms with Crippen LogP contribution in [0.25, 0.3) is 89.2 Å². The Morgan fingerprint density at radius 3 is 0.968 bits per heavy atom. The molecule has 0 N–H and O–H groups in total. The molecule has 0 spiro atoms. The van der Waals surface area contributed by atoms with E-state index >= 15 is 0 Å². The SMILES string of the molecule is c1ccc2c(c1)c1ccccc1n2-c1ccc(-c2nc(-c3ccc(N4C5CCCCC5C5CCCCC54)cc3)nc(-c3ccc(-n4c5ccccc5c5ccccc54)cc3)n2)cc1. The summed E-state index contributed by atoms with van der Waals surface area (Å²) in [5.74, 6) is 3.70. The molecule has 6 heteroatoms. The lowest BCUT2D eigenvalue weighted by atomic mass is 9.73. The second-order valence-electron chi connectivity index (χ2n) is 18.1. The van der Waals surface area contributed by atoms with Crippen LogP contribution >= 0.6 is 0 Å². The molecule has 3 aromatic heterocycles. The van der Waals surface area contributed by atoms with E-state index < -0.39 is 0 Å². The van der Waals surface area contributed by atoms with E-state index in [2.05, 4.69) is 184 Å². The van der Waals surface area contributed by atoms with Crippen LogP contribution in [-0.2, 0) is 0 Å². The third-order valence-electron chi connectivity index (χ3n) is 14.8. The summed E-state index contributed by atoms with van der Waals surface area (Å²) < 4.78 is 4.70. The highest BCUT2D eigenvalue weighted by Gasteiger charge is 2.49. The van der Waals surface area contributed by atoms with E-state index in [0.717, 1.165) is 39.9 Å². The predicted octanol–water partition coefficient (Wildman–Crippen LogP) is 14.0. The van der Waals surface area contributed by atoms with Crippen LogP contribution in [0.2, 0.25) is 0 Å². The molecule has 0 amide bonds. The maximum atomic E-state index is 5.23. The Morgan fingerprint density at radius 2 is 0.619 bits per heavy atom. The van der Waals surface area contributed by atoms with E-state index in [9.17, 15) is 0 Å². The molecule has 4 heterocycles. The average molecular weight is 817 g/mol. The van der Waals surface area contributed by atoms with Crippen molar-refractivity contribution in [2.24, 2.45) is 11.8 Å². The molecule has 13 rings (SSSR count). The van der Waals surface area contributed by atoms with Crippen molar-refractivity contribution in [3.63, 3.8) is 0 Å². The number of rotatable bonds is 6. The first-order chi connectivity index (χ1) is 31.2. The van der Waals surface area contributed by atoms with Gasteiger partial charge in [-0.15, -0.1) is 0 Å². The largest absolute Gasteiger partial charge is 0.365 e. The summed E-state index contributed by atoms with van der Waals surface area (Å²) in [7, 11) is 0. The summed E-state index contributed by atoms with van der Waals surface area (Å²) in [5.41, 5.74) is 11.2. The monoisotopic (exact) mass is 816 g/mol. The second-order valence-corrected chi connectivity index (χ2v) is 18.1. The van der Waals surface area contributed by atoms with E-state index in [1.54, 1.807) is 0 Å². The summed E-state index contributed by atoms with van der Waals surface area (Å²) in [5, 5.41) is 5.00. The molecule has 1 saturated heterocycles. The van der Waals surface area contributed by atoms with Gasteiger partial charge in [0, 0.05) is 67.4 Å². The third kappa shape index (κ3) is 5.95. The van der Waals surface area contributed by atoms with Gasteiger partial charge in [0.25, 0.3) is 0 Å². The topological polar surface area (TPSA) is 51.8 Å². The molecule has 306 valence electrons. The van der Waals surface area contributed by atoms with E-state index in [-0.39, 0.29) is 0 Å². The van der Waals surface area contributed by atoms with Crippen LogP contribution in [0.4, 0.5) is 5.69 Å². The standard InChI is InChI=1S/C57H48N6/c1-7-19-49-43(13-1)44-14-2-8-20-50(44)61(49)40-31-25-37(26-32-40)55-58-56(38-27-33-41(34-28-38)62-51-21-9-3-15-45(51)46-16-4-10-22-52(46)62)60-57(59-55)39-29-35-42(36-30-39)63-53-23-11-5-17-47(53)48-18-6-12-24-54(48)63/h1-4,7-10,13-16,19-22,25-36,47-48,53-54H,5-6,11-12,17-18,23-24H2. The third-order valence-corrected chi connectivity index (χ3v) is 14.8.